The molecular weight excluding hydrogens is 200 g/mol. The summed E-state index contributed by atoms with van der Waals surface area (Å²) < 4.78 is 11.1. The van der Waals surface area contributed by atoms with Gasteiger partial charge < -0.3 is 9.47 Å². The molecule has 1 aromatic carbocycles. The van der Waals surface area contributed by atoms with Crippen molar-refractivity contribution in [1.82, 2.24) is 0 Å². The standard InChI is InChI=1S/C14H22O2/c1-4-13-6-5-7-14(10-13)16-9-8-15-11-12(2)3/h5-7,10,12H,4,8-9,11H2,1-3H3. The van der Waals surface area contributed by atoms with Crippen molar-refractivity contribution in [1.29, 1.82) is 0 Å². The van der Waals surface area contributed by atoms with Crippen LogP contribution in [0.2, 0.25) is 0 Å². The number of hydrogen-bond acceptors (Lipinski definition) is 2. The number of rotatable bonds is 7. The van der Waals surface area contributed by atoms with Gasteiger partial charge in [0, 0.05) is 6.61 Å². The summed E-state index contributed by atoms with van der Waals surface area (Å²) in [6, 6.07) is 8.22. The van der Waals surface area contributed by atoms with Crippen LogP contribution in [0.4, 0.5) is 0 Å². The zero-order valence-corrected chi connectivity index (χ0v) is 10.5. The van der Waals surface area contributed by atoms with Crippen LogP contribution in [0.15, 0.2) is 24.3 Å². The fourth-order valence-electron chi connectivity index (χ4n) is 1.39. The first kappa shape index (κ1) is 13.0. The van der Waals surface area contributed by atoms with Crippen LogP contribution in [0.25, 0.3) is 0 Å². The Morgan fingerprint density at radius 3 is 2.69 bits per heavy atom. The van der Waals surface area contributed by atoms with Gasteiger partial charge in [0.1, 0.15) is 12.4 Å². The first-order valence-corrected chi connectivity index (χ1v) is 6.02. The van der Waals surface area contributed by atoms with Crippen molar-refractivity contribution in [2.75, 3.05) is 19.8 Å². The van der Waals surface area contributed by atoms with Crippen molar-refractivity contribution in [3.8, 4) is 5.75 Å². The lowest BCUT2D eigenvalue weighted by molar-refractivity contribution is 0.0819. The predicted molar refractivity (Wildman–Crippen MR) is 67.0 cm³/mol. The molecule has 1 rings (SSSR count). The fourth-order valence-corrected chi connectivity index (χ4v) is 1.39. The molecule has 0 aliphatic rings. The molecule has 0 saturated carbocycles. The Morgan fingerprint density at radius 1 is 1.19 bits per heavy atom. The number of ether oxygens (including phenoxy) is 2. The van der Waals surface area contributed by atoms with Crippen LogP contribution < -0.4 is 4.74 Å². The predicted octanol–water partition coefficient (Wildman–Crippen LogP) is 3.30. The number of benzene rings is 1. The molecule has 0 fully saturated rings. The summed E-state index contributed by atoms with van der Waals surface area (Å²) in [7, 11) is 0. The Hall–Kier alpha value is -1.02. The van der Waals surface area contributed by atoms with Crippen LogP contribution in [0.1, 0.15) is 26.3 Å². The quantitative estimate of drug-likeness (QED) is 0.659. The maximum atomic E-state index is 5.61. The van der Waals surface area contributed by atoms with Gasteiger partial charge in [0.2, 0.25) is 0 Å². The zero-order chi connectivity index (χ0) is 11.8. The van der Waals surface area contributed by atoms with Gasteiger partial charge in [0.15, 0.2) is 0 Å². The van der Waals surface area contributed by atoms with E-state index in [2.05, 4.69) is 32.9 Å². The summed E-state index contributed by atoms with van der Waals surface area (Å²) in [5.41, 5.74) is 1.31. The van der Waals surface area contributed by atoms with Crippen molar-refractivity contribution in [3.05, 3.63) is 29.8 Å². The van der Waals surface area contributed by atoms with Gasteiger partial charge in [-0.1, -0.05) is 32.9 Å². The summed E-state index contributed by atoms with van der Waals surface area (Å²) >= 11 is 0. The van der Waals surface area contributed by atoms with Gasteiger partial charge in [-0.15, -0.1) is 0 Å². The minimum atomic E-state index is 0.586. The fraction of sp³-hybridized carbons (Fsp3) is 0.571. The van der Waals surface area contributed by atoms with Crippen molar-refractivity contribution < 1.29 is 9.47 Å². The lowest BCUT2D eigenvalue weighted by Gasteiger charge is -2.09. The highest BCUT2D eigenvalue weighted by molar-refractivity contribution is 5.28. The van der Waals surface area contributed by atoms with E-state index < -0.39 is 0 Å². The Kier molecular flexibility index (Phi) is 5.94. The maximum absolute atomic E-state index is 5.61. The summed E-state index contributed by atoms with van der Waals surface area (Å²) in [4.78, 5) is 0. The highest BCUT2D eigenvalue weighted by atomic mass is 16.5. The van der Waals surface area contributed by atoms with E-state index in [0.717, 1.165) is 18.8 Å². The van der Waals surface area contributed by atoms with E-state index in [9.17, 15) is 0 Å². The van der Waals surface area contributed by atoms with Gasteiger partial charge in [0.05, 0.1) is 6.61 Å². The lowest BCUT2D eigenvalue weighted by atomic mass is 10.2. The van der Waals surface area contributed by atoms with E-state index in [4.69, 9.17) is 9.47 Å². The smallest absolute Gasteiger partial charge is 0.119 e. The molecule has 0 saturated heterocycles. The van der Waals surface area contributed by atoms with E-state index in [-0.39, 0.29) is 0 Å². The van der Waals surface area contributed by atoms with Crippen LogP contribution >= 0.6 is 0 Å². The molecule has 1 aromatic rings. The second-order valence-corrected chi connectivity index (χ2v) is 4.32. The monoisotopic (exact) mass is 222 g/mol. The molecule has 2 nitrogen and oxygen atoms in total. The van der Waals surface area contributed by atoms with Gasteiger partial charge in [0.25, 0.3) is 0 Å². The second kappa shape index (κ2) is 7.29. The summed E-state index contributed by atoms with van der Waals surface area (Å²) in [5.74, 6) is 1.52. The molecule has 2 heteroatoms. The number of hydrogen-bond donors (Lipinski definition) is 0. The molecule has 0 radical (unpaired) electrons. The molecule has 0 heterocycles. The first-order valence-electron chi connectivity index (χ1n) is 6.02. The Bertz CT molecular complexity index is 295. The highest BCUT2D eigenvalue weighted by Crippen LogP contribution is 2.13. The normalized spacial score (nSPS) is 10.8. The third-order valence-corrected chi connectivity index (χ3v) is 2.25. The highest BCUT2D eigenvalue weighted by Gasteiger charge is 1.96. The molecule has 0 N–H and O–H groups in total. The van der Waals surface area contributed by atoms with E-state index in [0.29, 0.717) is 19.1 Å². The number of aryl methyl sites for hydroxylation is 1. The van der Waals surface area contributed by atoms with Crippen molar-refractivity contribution >= 4 is 0 Å². The van der Waals surface area contributed by atoms with Crippen LogP contribution in [0, 0.1) is 5.92 Å². The molecule has 90 valence electrons. The van der Waals surface area contributed by atoms with Gasteiger partial charge >= 0.3 is 0 Å². The third kappa shape index (κ3) is 5.17. The van der Waals surface area contributed by atoms with Crippen molar-refractivity contribution in [2.24, 2.45) is 5.92 Å². The molecule has 16 heavy (non-hydrogen) atoms. The van der Waals surface area contributed by atoms with Crippen LogP contribution in [-0.2, 0) is 11.2 Å². The summed E-state index contributed by atoms with van der Waals surface area (Å²) in [6.07, 6.45) is 1.04. The third-order valence-electron chi connectivity index (χ3n) is 2.25. The maximum Gasteiger partial charge on any atom is 0.119 e. The molecule has 0 amide bonds. The Labute approximate surface area is 98.6 Å². The largest absolute Gasteiger partial charge is 0.491 e. The van der Waals surface area contributed by atoms with Gasteiger partial charge in [-0.25, -0.2) is 0 Å². The van der Waals surface area contributed by atoms with E-state index in [1.165, 1.54) is 5.56 Å². The van der Waals surface area contributed by atoms with Gasteiger partial charge in [-0.3, -0.25) is 0 Å². The van der Waals surface area contributed by atoms with Crippen LogP contribution in [-0.4, -0.2) is 19.8 Å². The lowest BCUT2D eigenvalue weighted by Crippen LogP contribution is -2.10. The van der Waals surface area contributed by atoms with Crippen molar-refractivity contribution in [2.45, 2.75) is 27.2 Å². The second-order valence-electron chi connectivity index (χ2n) is 4.32. The summed E-state index contributed by atoms with van der Waals surface area (Å²) in [6.45, 7) is 8.52. The van der Waals surface area contributed by atoms with E-state index in [1.807, 2.05) is 12.1 Å². The molecule has 0 spiro atoms. The van der Waals surface area contributed by atoms with E-state index >= 15 is 0 Å². The van der Waals surface area contributed by atoms with Crippen LogP contribution in [0.3, 0.4) is 0 Å². The molecule has 0 aliphatic heterocycles. The average Bonchev–Trinajstić information content (AvgIpc) is 2.28. The molecule has 0 aromatic heterocycles. The first-order chi connectivity index (χ1) is 7.72. The van der Waals surface area contributed by atoms with Crippen LogP contribution in [0.5, 0.6) is 5.75 Å². The molecule has 0 bridgehead atoms. The summed E-state index contributed by atoms with van der Waals surface area (Å²) in [5, 5.41) is 0. The molecular formula is C14H22O2. The van der Waals surface area contributed by atoms with E-state index in [1.54, 1.807) is 0 Å². The topological polar surface area (TPSA) is 18.5 Å². The minimum Gasteiger partial charge on any atom is -0.491 e. The Balaban J connectivity index is 2.21. The zero-order valence-electron chi connectivity index (χ0n) is 10.5. The minimum absolute atomic E-state index is 0.586. The van der Waals surface area contributed by atoms with Gasteiger partial charge in [-0.05, 0) is 30.0 Å². The van der Waals surface area contributed by atoms with Gasteiger partial charge in [-0.2, -0.15) is 0 Å². The molecule has 0 atom stereocenters. The Morgan fingerprint density at radius 2 is 2.00 bits per heavy atom. The molecule has 0 unspecified atom stereocenters. The van der Waals surface area contributed by atoms with Crippen molar-refractivity contribution in [3.63, 3.8) is 0 Å². The SMILES string of the molecule is CCc1cccc(OCCOCC(C)C)c1. The average molecular weight is 222 g/mol. The molecule has 0 aliphatic carbocycles.